The molecule has 0 radical (unpaired) electrons. The molecule has 2 N–H and O–H groups in total. The van der Waals surface area contributed by atoms with E-state index < -0.39 is 5.97 Å². The number of anilines is 1. The van der Waals surface area contributed by atoms with Crippen molar-refractivity contribution in [1.29, 1.82) is 0 Å². The first-order valence-electron chi connectivity index (χ1n) is 6.64. The van der Waals surface area contributed by atoms with Gasteiger partial charge < -0.3 is 15.3 Å². The van der Waals surface area contributed by atoms with Crippen LogP contribution in [0.15, 0.2) is 6.07 Å². The highest BCUT2D eigenvalue weighted by atomic mass is 16.4. The third kappa shape index (κ3) is 3.44. The molecule has 2 rings (SSSR count). The summed E-state index contributed by atoms with van der Waals surface area (Å²) >= 11 is 0. The molecule has 0 aromatic carbocycles. The number of hydrogen-bond donors (Lipinski definition) is 2. The van der Waals surface area contributed by atoms with Crippen molar-refractivity contribution in [2.24, 2.45) is 0 Å². The Morgan fingerprint density at radius 2 is 2.21 bits per heavy atom. The number of hydrogen-bond acceptors (Lipinski definition) is 4. The van der Waals surface area contributed by atoms with Crippen LogP contribution in [0.2, 0.25) is 0 Å². The lowest BCUT2D eigenvalue weighted by Gasteiger charge is -2.17. The van der Waals surface area contributed by atoms with E-state index in [0.29, 0.717) is 18.4 Å². The van der Waals surface area contributed by atoms with E-state index in [-0.39, 0.29) is 5.56 Å². The Morgan fingerprint density at radius 3 is 2.79 bits per heavy atom. The van der Waals surface area contributed by atoms with Crippen LogP contribution in [0.25, 0.3) is 0 Å². The maximum atomic E-state index is 11.3. The van der Waals surface area contributed by atoms with Gasteiger partial charge in [0.15, 0.2) is 0 Å². The molecule has 0 aliphatic heterocycles. The minimum absolute atomic E-state index is 0.277. The molecule has 1 heterocycles. The van der Waals surface area contributed by atoms with Crippen LogP contribution in [0, 0.1) is 13.8 Å². The molecular weight excluding hydrogens is 242 g/mol. The predicted octanol–water partition coefficient (Wildman–Crippen LogP) is 1.90. The van der Waals surface area contributed by atoms with Gasteiger partial charge in [0, 0.05) is 24.8 Å². The molecular formula is C14H21N3O2. The third-order valence-electron chi connectivity index (χ3n) is 3.49. The minimum Gasteiger partial charge on any atom is -0.478 e. The van der Waals surface area contributed by atoms with E-state index >= 15 is 0 Å². The summed E-state index contributed by atoms with van der Waals surface area (Å²) in [6.45, 7) is 5.29. The highest BCUT2D eigenvalue weighted by molar-refractivity contribution is 5.94. The first-order chi connectivity index (χ1) is 8.99. The minimum atomic E-state index is -0.928. The van der Waals surface area contributed by atoms with Crippen LogP contribution in [-0.4, -0.2) is 47.1 Å². The van der Waals surface area contributed by atoms with Gasteiger partial charge in [0.05, 0.1) is 0 Å². The Labute approximate surface area is 113 Å². The van der Waals surface area contributed by atoms with E-state index in [1.165, 1.54) is 12.8 Å². The third-order valence-corrected chi connectivity index (χ3v) is 3.49. The zero-order chi connectivity index (χ0) is 14.0. The fraction of sp³-hybridized carbons (Fsp3) is 0.571. The average molecular weight is 263 g/mol. The van der Waals surface area contributed by atoms with E-state index in [1.807, 2.05) is 6.92 Å². The van der Waals surface area contributed by atoms with Crippen LogP contribution in [-0.2, 0) is 0 Å². The number of aryl methyl sites for hydroxylation is 2. The Balaban J connectivity index is 2.03. The van der Waals surface area contributed by atoms with Gasteiger partial charge in [-0.25, -0.2) is 9.78 Å². The second kappa shape index (κ2) is 5.57. The summed E-state index contributed by atoms with van der Waals surface area (Å²) < 4.78 is 0. The van der Waals surface area contributed by atoms with Crippen LogP contribution < -0.4 is 5.32 Å². The van der Waals surface area contributed by atoms with Crippen molar-refractivity contribution in [2.75, 3.05) is 25.5 Å². The Hall–Kier alpha value is -1.62. The summed E-state index contributed by atoms with van der Waals surface area (Å²) in [6, 6.07) is 2.51. The van der Waals surface area contributed by atoms with Gasteiger partial charge in [-0.2, -0.15) is 0 Å². The molecule has 1 aliphatic carbocycles. The Bertz CT molecular complexity index is 484. The summed E-state index contributed by atoms with van der Waals surface area (Å²) in [5.74, 6) is -0.447. The quantitative estimate of drug-likeness (QED) is 0.820. The molecule has 1 aliphatic rings. The fourth-order valence-electron chi connectivity index (χ4n) is 2.28. The molecule has 1 aromatic rings. The number of rotatable bonds is 6. The average Bonchev–Trinajstić information content (AvgIpc) is 3.10. The number of likely N-dealkylation sites (N-methyl/N-ethyl adjacent to an activating group) is 1. The van der Waals surface area contributed by atoms with Gasteiger partial charge in [-0.15, -0.1) is 0 Å². The maximum absolute atomic E-state index is 11.3. The smallest absolute Gasteiger partial charge is 0.339 e. The Kier molecular flexibility index (Phi) is 4.04. The van der Waals surface area contributed by atoms with E-state index in [9.17, 15) is 9.90 Å². The van der Waals surface area contributed by atoms with E-state index in [1.54, 1.807) is 13.0 Å². The zero-order valence-corrected chi connectivity index (χ0v) is 11.7. The predicted molar refractivity (Wildman–Crippen MR) is 74.8 cm³/mol. The zero-order valence-electron chi connectivity index (χ0n) is 11.7. The first kappa shape index (κ1) is 13.8. The SMILES string of the molecule is Cc1cc(C)c(C(=O)O)c(NCCN(C)C2CC2)n1. The molecule has 0 unspecified atom stereocenters. The molecule has 0 atom stereocenters. The van der Waals surface area contributed by atoms with Crippen molar-refractivity contribution in [3.8, 4) is 0 Å². The van der Waals surface area contributed by atoms with Crippen LogP contribution in [0.3, 0.4) is 0 Å². The lowest BCUT2D eigenvalue weighted by atomic mass is 10.1. The number of nitrogens with zero attached hydrogens (tertiary/aromatic N) is 2. The van der Waals surface area contributed by atoms with Crippen LogP contribution in [0.5, 0.6) is 0 Å². The molecule has 1 aromatic heterocycles. The van der Waals surface area contributed by atoms with E-state index in [4.69, 9.17) is 0 Å². The highest BCUT2D eigenvalue weighted by Crippen LogP contribution is 2.25. The number of nitrogens with one attached hydrogen (secondary N) is 1. The standard InChI is InChI=1S/C14H21N3O2/c1-9-8-10(2)16-13(12(9)14(18)19)15-6-7-17(3)11-4-5-11/h8,11H,4-7H2,1-3H3,(H,15,16)(H,18,19). The number of aromatic nitrogens is 1. The second-order valence-electron chi connectivity index (χ2n) is 5.25. The molecule has 0 amide bonds. The number of pyridine rings is 1. The summed E-state index contributed by atoms with van der Waals surface area (Å²) in [5, 5.41) is 12.4. The van der Waals surface area contributed by atoms with Gasteiger partial charge in [0.25, 0.3) is 0 Å². The molecule has 5 heteroatoms. The summed E-state index contributed by atoms with van der Waals surface area (Å²) in [4.78, 5) is 17.9. The van der Waals surface area contributed by atoms with Crippen molar-refractivity contribution < 1.29 is 9.90 Å². The van der Waals surface area contributed by atoms with Gasteiger partial charge in [-0.05, 0) is 45.4 Å². The molecule has 0 bridgehead atoms. The normalized spacial score (nSPS) is 14.7. The topological polar surface area (TPSA) is 65.5 Å². The van der Waals surface area contributed by atoms with E-state index in [2.05, 4.69) is 22.2 Å². The summed E-state index contributed by atoms with van der Waals surface area (Å²) in [5.41, 5.74) is 1.86. The van der Waals surface area contributed by atoms with Crippen LogP contribution >= 0.6 is 0 Å². The first-order valence-corrected chi connectivity index (χ1v) is 6.64. The largest absolute Gasteiger partial charge is 0.478 e. The van der Waals surface area contributed by atoms with Crippen molar-refractivity contribution in [1.82, 2.24) is 9.88 Å². The fourth-order valence-corrected chi connectivity index (χ4v) is 2.28. The molecule has 5 nitrogen and oxygen atoms in total. The van der Waals surface area contributed by atoms with Crippen LogP contribution in [0.4, 0.5) is 5.82 Å². The van der Waals surface area contributed by atoms with Gasteiger partial charge in [0.1, 0.15) is 11.4 Å². The number of aromatic carboxylic acids is 1. The monoisotopic (exact) mass is 263 g/mol. The van der Waals surface area contributed by atoms with Gasteiger partial charge in [-0.3, -0.25) is 0 Å². The Morgan fingerprint density at radius 1 is 1.53 bits per heavy atom. The number of carbonyl (C=O) groups is 1. The molecule has 0 spiro atoms. The molecule has 0 saturated heterocycles. The molecule has 19 heavy (non-hydrogen) atoms. The van der Waals surface area contributed by atoms with Crippen molar-refractivity contribution in [2.45, 2.75) is 32.7 Å². The van der Waals surface area contributed by atoms with Crippen LogP contribution in [0.1, 0.15) is 34.5 Å². The second-order valence-corrected chi connectivity index (χ2v) is 5.25. The molecule has 1 fully saturated rings. The van der Waals surface area contributed by atoms with E-state index in [0.717, 1.165) is 17.8 Å². The van der Waals surface area contributed by atoms with Gasteiger partial charge >= 0.3 is 5.97 Å². The molecule has 1 saturated carbocycles. The highest BCUT2D eigenvalue weighted by Gasteiger charge is 2.25. The van der Waals surface area contributed by atoms with Crippen molar-refractivity contribution in [3.63, 3.8) is 0 Å². The van der Waals surface area contributed by atoms with Crippen molar-refractivity contribution in [3.05, 3.63) is 22.9 Å². The maximum Gasteiger partial charge on any atom is 0.339 e. The molecule has 104 valence electrons. The van der Waals surface area contributed by atoms with Gasteiger partial charge in [-0.1, -0.05) is 0 Å². The van der Waals surface area contributed by atoms with Crippen molar-refractivity contribution >= 4 is 11.8 Å². The lowest BCUT2D eigenvalue weighted by molar-refractivity contribution is 0.0697. The lowest BCUT2D eigenvalue weighted by Crippen LogP contribution is -2.27. The number of carboxylic acid groups (broad SMARTS) is 1. The summed E-state index contributed by atoms with van der Waals surface area (Å²) in [7, 11) is 2.10. The number of carboxylic acids is 1. The summed E-state index contributed by atoms with van der Waals surface area (Å²) in [6.07, 6.45) is 2.55. The van der Waals surface area contributed by atoms with Gasteiger partial charge in [0.2, 0.25) is 0 Å².